The van der Waals surface area contributed by atoms with Gasteiger partial charge in [-0.25, -0.2) is 0 Å². The van der Waals surface area contributed by atoms with E-state index in [0.717, 1.165) is 5.52 Å². The van der Waals surface area contributed by atoms with Crippen molar-refractivity contribution in [3.8, 4) is 0 Å². The van der Waals surface area contributed by atoms with Gasteiger partial charge >= 0.3 is 0 Å². The van der Waals surface area contributed by atoms with Gasteiger partial charge in [0.15, 0.2) is 0 Å². The molecule has 0 unspecified atom stereocenters. The molecule has 1 aliphatic rings. The fourth-order valence-electron chi connectivity index (χ4n) is 1.95. The second-order valence-corrected chi connectivity index (χ2v) is 4.18. The fourth-order valence-corrected chi connectivity index (χ4v) is 1.95. The molecular weight excluding hydrogens is 184 g/mol. The van der Waals surface area contributed by atoms with Crippen LogP contribution in [0.2, 0.25) is 0 Å². The summed E-state index contributed by atoms with van der Waals surface area (Å²) in [5.74, 6) is 0. The molecule has 1 aliphatic carbocycles. The normalized spacial score (nSPS) is 16.3. The first-order chi connectivity index (χ1) is 7.42. The Hall–Kier alpha value is -1.57. The van der Waals surface area contributed by atoms with Gasteiger partial charge in [0.2, 0.25) is 0 Å². The number of nitrogens with zero attached hydrogens (tertiary/aromatic N) is 1. The van der Waals surface area contributed by atoms with Crippen molar-refractivity contribution >= 4 is 16.6 Å². The van der Waals surface area contributed by atoms with E-state index in [9.17, 15) is 0 Å². The van der Waals surface area contributed by atoms with Crippen molar-refractivity contribution < 1.29 is 0 Å². The van der Waals surface area contributed by atoms with Gasteiger partial charge in [-0.05, 0) is 43.5 Å². The van der Waals surface area contributed by atoms with Crippen LogP contribution in [0.1, 0.15) is 19.3 Å². The fraction of sp³-hybridized carbons (Fsp3) is 0.308. The molecule has 0 aliphatic heterocycles. The minimum Gasteiger partial charge on any atom is -0.382 e. The molecule has 2 nitrogen and oxygen atoms in total. The Morgan fingerprint density at radius 2 is 2.13 bits per heavy atom. The minimum absolute atomic E-state index is 0.694. The summed E-state index contributed by atoms with van der Waals surface area (Å²) >= 11 is 0. The first kappa shape index (κ1) is 8.72. The highest BCUT2D eigenvalue weighted by Gasteiger charge is 2.16. The number of rotatable bonds is 2. The number of aromatic nitrogens is 1. The number of hydrogen-bond acceptors (Lipinski definition) is 2. The zero-order valence-electron chi connectivity index (χ0n) is 8.61. The molecule has 2 heteroatoms. The Labute approximate surface area is 89.3 Å². The summed E-state index contributed by atoms with van der Waals surface area (Å²) in [4.78, 5) is 4.31. The van der Waals surface area contributed by atoms with Crippen LogP contribution < -0.4 is 5.32 Å². The lowest BCUT2D eigenvalue weighted by Crippen LogP contribution is -2.26. The van der Waals surface area contributed by atoms with Crippen molar-refractivity contribution in [2.24, 2.45) is 0 Å². The molecule has 0 radical (unpaired) electrons. The van der Waals surface area contributed by atoms with Crippen molar-refractivity contribution in [2.75, 3.05) is 5.32 Å². The first-order valence-electron chi connectivity index (χ1n) is 5.53. The second-order valence-electron chi connectivity index (χ2n) is 4.18. The summed E-state index contributed by atoms with van der Waals surface area (Å²) in [6.07, 6.45) is 5.82. The Kier molecular flexibility index (Phi) is 2.05. The maximum absolute atomic E-state index is 4.31. The van der Waals surface area contributed by atoms with E-state index >= 15 is 0 Å². The summed E-state index contributed by atoms with van der Waals surface area (Å²) in [6.45, 7) is 0. The zero-order chi connectivity index (χ0) is 10.1. The van der Waals surface area contributed by atoms with Crippen LogP contribution in [0.3, 0.4) is 0 Å². The lowest BCUT2D eigenvalue weighted by atomic mass is 9.93. The molecule has 1 aromatic heterocycles. The van der Waals surface area contributed by atoms with Gasteiger partial charge < -0.3 is 5.32 Å². The molecule has 0 amide bonds. The monoisotopic (exact) mass is 198 g/mol. The van der Waals surface area contributed by atoms with Gasteiger partial charge in [-0.1, -0.05) is 6.07 Å². The maximum Gasteiger partial charge on any atom is 0.0703 e. The van der Waals surface area contributed by atoms with E-state index in [2.05, 4.69) is 34.6 Å². The quantitative estimate of drug-likeness (QED) is 0.801. The predicted octanol–water partition coefficient (Wildman–Crippen LogP) is 3.20. The highest BCUT2D eigenvalue weighted by molar-refractivity contribution is 5.82. The van der Waals surface area contributed by atoms with Crippen LogP contribution in [0.5, 0.6) is 0 Å². The molecule has 0 bridgehead atoms. The number of benzene rings is 1. The molecule has 1 N–H and O–H groups in total. The average molecular weight is 198 g/mol. The molecule has 1 saturated carbocycles. The molecule has 0 saturated heterocycles. The van der Waals surface area contributed by atoms with Crippen molar-refractivity contribution in [2.45, 2.75) is 25.3 Å². The largest absolute Gasteiger partial charge is 0.382 e. The van der Waals surface area contributed by atoms with Crippen molar-refractivity contribution in [3.05, 3.63) is 36.5 Å². The topological polar surface area (TPSA) is 24.9 Å². The minimum atomic E-state index is 0.694. The van der Waals surface area contributed by atoms with E-state index in [-0.39, 0.29) is 0 Å². The summed E-state index contributed by atoms with van der Waals surface area (Å²) in [5.41, 5.74) is 2.29. The van der Waals surface area contributed by atoms with Gasteiger partial charge in [0.25, 0.3) is 0 Å². The van der Waals surface area contributed by atoms with E-state index in [1.807, 2.05) is 12.3 Å². The Balaban J connectivity index is 1.91. The Bertz CT molecular complexity index is 475. The van der Waals surface area contributed by atoms with Crippen molar-refractivity contribution in [1.29, 1.82) is 0 Å². The summed E-state index contributed by atoms with van der Waals surface area (Å²) in [7, 11) is 0. The van der Waals surface area contributed by atoms with Gasteiger partial charge in [-0.15, -0.1) is 0 Å². The molecule has 1 heterocycles. The zero-order valence-corrected chi connectivity index (χ0v) is 8.61. The van der Waals surface area contributed by atoms with Crippen molar-refractivity contribution in [3.63, 3.8) is 0 Å². The third-order valence-electron chi connectivity index (χ3n) is 3.08. The molecule has 0 atom stereocenters. The first-order valence-corrected chi connectivity index (χ1v) is 5.53. The number of pyridine rings is 1. The van der Waals surface area contributed by atoms with Crippen LogP contribution in [0.25, 0.3) is 10.9 Å². The number of anilines is 1. The van der Waals surface area contributed by atoms with Gasteiger partial charge in [-0.2, -0.15) is 0 Å². The second kappa shape index (κ2) is 3.54. The van der Waals surface area contributed by atoms with Crippen LogP contribution >= 0.6 is 0 Å². The van der Waals surface area contributed by atoms with Crippen LogP contribution in [-0.4, -0.2) is 11.0 Å². The third kappa shape index (κ3) is 1.67. The van der Waals surface area contributed by atoms with E-state index < -0.39 is 0 Å². The lowest BCUT2D eigenvalue weighted by Gasteiger charge is -2.27. The summed E-state index contributed by atoms with van der Waals surface area (Å²) in [6, 6.07) is 11.2. The Morgan fingerprint density at radius 3 is 2.93 bits per heavy atom. The van der Waals surface area contributed by atoms with Crippen LogP contribution in [0, 0.1) is 0 Å². The van der Waals surface area contributed by atoms with E-state index in [0.29, 0.717) is 6.04 Å². The average Bonchev–Trinajstić information content (AvgIpc) is 2.23. The molecule has 15 heavy (non-hydrogen) atoms. The van der Waals surface area contributed by atoms with E-state index in [1.54, 1.807) is 0 Å². The van der Waals surface area contributed by atoms with Crippen molar-refractivity contribution in [1.82, 2.24) is 4.98 Å². The number of fused-ring (bicyclic) bond motifs is 1. The van der Waals surface area contributed by atoms with Gasteiger partial charge in [0.1, 0.15) is 0 Å². The summed E-state index contributed by atoms with van der Waals surface area (Å²) < 4.78 is 0. The molecular formula is C13H14N2. The lowest BCUT2D eigenvalue weighted by molar-refractivity contribution is 0.445. The summed E-state index contributed by atoms with van der Waals surface area (Å²) in [5, 5.41) is 4.75. The maximum atomic E-state index is 4.31. The smallest absolute Gasteiger partial charge is 0.0703 e. The predicted molar refractivity (Wildman–Crippen MR) is 63.0 cm³/mol. The standard InChI is InChI=1S/C13H14N2/c1-4-11(5-1)15-12-6-7-13-10(9-12)3-2-8-14-13/h2-3,6-9,11,15H,1,4-5H2. The van der Waals surface area contributed by atoms with Crippen LogP contribution in [0.4, 0.5) is 5.69 Å². The highest BCUT2D eigenvalue weighted by Crippen LogP contribution is 2.24. The van der Waals surface area contributed by atoms with Crippen LogP contribution in [0.15, 0.2) is 36.5 Å². The molecule has 76 valence electrons. The van der Waals surface area contributed by atoms with Gasteiger partial charge in [0.05, 0.1) is 5.52 Å². The number of hydrogen-bond donors (Lipinski definition) is 1. The third-order valence-corrected chi connectivity index (χ3v) is 3.08. The molecule has 3 rings (SSSR count). The van der Waals surface area contributed by atoms with Crippen LogP contribution in [-0.2, 0) is 0 Å². The number of nitrogens with one attached hydrogen (secondary N) is 1. The van der Waals surface area contributed by atoms with E-state index in [1.165, 1.54) is 30.3 Å². The molecule has 2 aromatic rings. The van der Waals surface area contributed by atoms with E-state index in [4.69, 9.17) is 0 Å². The molecule has 1 aromatic carbocycles. The SMILES string of the molecule is c1cnc2ccc(NC3CCC3)cc2c1. The molecule has 1 fully saturated rings. The highest BCUT2D eigenvalue weighted by atomic mass is 14.9. The van der Waals surface area contributed by atoms with Gasteiger partial charge in [0, 0.05) is 23.3 Å². The van der Waals surface area contributed by atoms with Gasteiger partial charge in [-0.3, -0.25) is 4.98 Å². The Morgan fingerprint density at radius 1 is 1.20 bits per heavy atom. The molecule has 0 spiro atoms.